The van der Waals surface area contributed by atoms with Crippen LogP contribution in [0.2, 0.25) is 0 Å². The fourth-order valence-corrected chi connectivity index (χ4v) is 1.82. The van der Waals surface area contributed by atoms with E-state index in [1.807, 2.05) is 6.20 Å². The van der Waals surface area contributed by atoms with Gasteiger partial charge in [0.15, 0.2) is 0 Å². The monoisotopic (exact) mass is 173 g/mol. The molecule has 0 radical (unpaired) electrons. The molecule has 13 heavy (non-hydrogen) atoms. The summed E-state index contributed by atoms with van der Waals surface area (Å²) in [5.41, 5.74) is 2.54. The highest BCUT2D eigenvalue weighted by atomic mass is 14.7. The maximum atomic E-state index is 4.41. The molecule has 2 rings (SSSR count). The fraction of sp³-hybridized carbons (Fsp3) is 0.417. The zero-order valence-corrected chi connectivity index (χ0v) is 8.03. The molecule has 0 aliphatic heterocycles. The molecule has 0 saturated carbocycles. The van der Waals surface area contributed by atoms with Gasteiger partial charge in [-0.05, 0) is 43.9 Å². The molecular formula is C12H15N. The first-order valence-electron chi connectivity index (χ1n) is 4.95. The SMILES string of the molecule is Cc1ccnc(C2C=CCCC2)c1. The van der Waals surface area contributed by atoms with Crippen molar-refractivity contribution in [1.82, 2.24) is 4.98 Å². The van der Waals surface area contributed by atoms with E-state index in [1.54, 1.807) is 0 Å². The van der Waals surface area contributed by atoms with E-state index in [4.69, 9.17) is 0 Å². The van der Waals surface area contributed by atoms with Crippen molar-refractivity contribution < 1.29 is 0 Å². The molecule has 1 aliphatic carbocycles. The van der Waals surface area contributed by atoms with E-state index >= 15 is 0 Å². The molecule has 1 aliphatic rings. The van der Waals surface area contributed by atoms with Gasteiger partial charge in [-0.1, -0.05) is 12.2 Å². The van der Waals surface area contributed by atoms with Crippen LogP contribution in [-0.2, 0) is 0 Å². The Morgan fingerprint density at radius 3 is 3.08 bits per heavy atom. The third-order valence-corrected chi connectivity index (χ3v) is 2.57. The zero-order valence-electron chi connectivity index (χ0n) is 8.03. The highest BCUT2D eigenvalue weighted by Gasteiger charge is 2.11. The molecule has 0 N–H and O–H groups in total. The number of aromatic nitrogens is 1. The Bertz CT molecular complexity index is 315. The van der Waals surface area contributed by atoms with E-state index in [-0.39, 0.29) is 0 Å². The third-order valence-electron chi connectivity index (χ3n) is 2.57. The molecule has 1 aromatic heterocycles. The number of aryl methyl sites for hydroxylation is 1. The molecule has 1 unspecified atom stereocenters. The molecule has 1 atom stereocenters. The van der Waals surface area contributed by atoms with E-state index in [1.165, 1.54) is 30.5 Å². The Hall–Kier alpha value is -1.11. The third kappa shape index (κ3) is 1.97. The fourth-order valence-electron chi connectivity index (χ4n) is 1.82. The lowest BCUT2D eigenvalue weighted by Crippen LogP contribution is -2.01. The molecule has 0 amide bonds. The van der Waals surface area contributed by atoms with Crippen LogP contribution < -0.4 is 0 Å². The van der Waals surface area contributed by atoms with Gasteiger partial charge in [-0.2, -0.15) is 0 Å². The average Bonchev–Trinajstić information content (AvgIpc) is 2.19. The first kappa shape index (κ1) is 8.49. The van der Waals surface area contributed by atoms with Crippen LogP contribution in [0.1, 0.15) is 36.4 Å². The van der Waals surface area contributed by atoms with Crippen LogP contribution in [0.5, 0.6) is 0 Å². The lowest BCUT2D eigenvalue weighted by molar-refractivity contribution is 0.641. The normalized spacial score (nSPS) is 21.8. The van der Waals surface area contributed by atoms with Crippen molar-refractivity contribution in [3.63, 3.8) is 0 Å². The van der Waals surface area contributed by atoms with Crippen LogP contribution in [0.4, 0.5) is 0 Å². The summed E-state index contributed by atoms with van der Waals surface area (Å²) < 4.78 is 0. The summed E-state index contributed by atoms with van der Waals surface area (Å²) in [5, 5.41) is 0. The second-order valence-electron chi connectivity index (χ2n) is 3.72. The highest BCUT2D eigenvalue weighted by Crippen LogP contribution is 2.26. The zero-order chi connectivity index (χ0) is 9.10. The van der Waals surface area contributed by atoms with Gasteiger partial charge in [0.25, 0.3) is 0 Å². The number of pyridine rings is 1. The molecule has 0 aromatic carbocycles. The van der Waals surface area contributed by atoms with E-state index in [9.17, 15) is 0 Å². The number of rotatable bonds is 1. The smallest absolute Gasteiger partial charge is 0.0474 e. The summed E-state index contributed by atoms with van der Waals surface area (Å²) in [6, 6.07) is 4.25. The summed E-state index contributed by atoms with van der Waals surface area (Å²) in [6.07, 6.45) is 10.3. The maximum absolute atomic E-state index is 4.41. The number of hydrogen-bond donors (Lipinski definition) is 0. The number of nitrogens with zero attached hydrogens (tertiary/aromatic N) is 1. The van der Waals surface area contributed by atoms with Crippen molar-refractivity contribution >= 4 is 0 Å². The predicted octanol–water partition coefficient (Wildman–Crippen LogP) is 3.21. The Morgan fingerprint density at radius 1 is 1.46 bits per heavy atom. The summed E-state index contributed by atoms with van der Waals surface area (Å²) in [4.78, 5) is 4.41. The van der Waals surface area contributed by atoms with Crippen molar-refractivity contribution in [1.29, 1.82) is 0 Å². The minimum Gasteiger partial charge on any atom is -0.261 e. The quantitative estimate of drug-likeness (QED) is 0.594. The Balaban J connectivity index is 2.24. The number of allylic oxidation sites excluding steroid dienone is 2. The molecule has 1 heterocycles. The minimum atomic E-state index is 0.564. The van der Waals surface area contributed by atoms with Gasteiger partial charge in [-0.3, -0.25) is 4.98 Å². The van der Waals surface area contributed by atoms with Gasteiger partial charge < -0.3 is 0 Å². The van der Waals surface area contributed by atoms with Crippen LogP contribution in [0, 0.1) is 6.92 Å². The Morgan fingerprint density at radius 2 is 2.38 bits per heavy atom. The molecule has 0 fully saturated rings. The van der Waals surface area contributed by atoms with Crippen LogP contribution in [0.3, 0.4) is 0 Å². The second-order valence-corrected chi connectivity index (χ2v) is 3.72. The van der Waals surface area contributed by atoms with Crippen LogP contribution in [0.25, 0.3) is 0 Å². The van der Waals surface area contributed by atoms with Gasteiger partial charge in [0.2, 0.25) is 0 Å². The van der Waals surface area contributed by atoms with Crippen molar-refractivity contribution in [3.8, 4) is 0 Å². The lowest BCUT2D eigenvalue weighted by atomic mass is 9.92. The molecule has 1 heteroatoms. The molecule has 68 valence electrons. The van der Waals surface area contributed by atoms with Crippen molar-refractivity contribution in [2.24, 2.45) is 0 Å². The van der Waals surface area contributed by atoms with Gasteiger partial charge in [-0.25, -0.2) is 0 Å². The van der Waals surface area contributed by atoms with Crippen LogP contribution in [0.15, 0.2) is 30.5 Å². The molecule has 0 bridgehead atoms. The van der Waals surface area contributed by atoms with Gasteiger partial charge in [-0.15, -0.1) is 0 Å². The van der Waals surface area contributed by atoms with Crippen molar-refractivity contribution in [2.45, 2.75) is 32.1 Å². The Kier molecular flexibility index (Phi) is 2.44. The van der Waals surface area contributed by atoms with Crippen LogP contribution >= 0.6 is 0 Å². The van der Waals surface area contributed by atoms with E-state index in [0.29, 0.717) is 5.92 Å². The van der Waals surface area contributed by atoms with Gasteiger partial charge in [0.05, 0.1) is 0 Å². The molecule has 1 nitrogen and oxygen atoms in total. The van der Waals surface area contributed by atoms with Gasteiger partial charge >= 0.3 is 0 Å². The van der Waals surface area contributed by atoms with E-state index in [2.05, 4.69) is 36.2 Å². The summed E-state index contributed by atoms with van der Waals surface area (Å²) in [6.45, 7) is 2.12. The molecule has 1 aromatic rings. The topological polar surface area (TPSA) is 12.9 Å². The first-order chi connectivity index (χ1) is 6.36. The Labute approximate surface area is 79.5 Å². The van der Waals surface area contributed by atoms with Crippen LogP contribution in [-0.4, -0.2) is 4.98 Å². The largest absolute Gasteiger partial charge is 0.261 e. The average molecular weight is 173 g/mol. The molecular weight excluding hydrogens is 158 g/mol. The maximum Gasteiger partial charge on any atom is 0.0474 e. The van der Waals surface area contributed by atoms with Gasteiger partial charge in [0, 0.05) is 17.8 Å². The first-order valence-corrected chi connectivity index (χ1v) is 4.95. The van der Waals surface area contributed by atoms with E-state index in [0.717, 1.165) is 0 Å². The summed E-state index contributed by atoms with van der Waals surface area (Å²) >= 11 is 0. The van der Waals surface area contributed by atoms with Crippen molar-refractivity contribution in [2.75, 3.05) is 0 Å². The lowest BCUT2D eigenvalue weighted by Gasteiger charge is -2.15. The minimum absolute atomic E-state index is 0.564. The van der Waals surface area contributed by atoms with Crippen molar-refractivity contribution in [3.05, 3.63) is 41.7 Å². The predicted molar refractivity (Wildman–Crippen MR) is 54.7 cm³/mol. The molecule has 0 spiro atoms. The highest BCUT2D eigenvalue weighted by molar-refractivity contribution is 5.22. The summed E-state index contributed by atoms with van der Waals surface area (Å²) in [5.74, 6) is 0.564. The second kappa shape index (κ2) is 3.73. The molecule has 0 saturated heterocycles. The number of hydrogen-bond acceptors (Lipinski definition) is 1. The standard InChI is InChI=1S/C12H15N/c1-10-7-8-13-12(9-10)11-5-3-2-4-6-11/h3,5,7-9,11H,2,4,6H2,1H3. The summed E-state index contributed by atoms with van der Waals surface area (Å²) in [7, 11) is 0. The van der Waals surface area contributed by atoms with Gasteiger partial charge in [0.1, 0.15) is 0 Å². The van der Waals surface area contributed by atoms with E-state index < -0.39 is 0 Å².